The molecule has 1 rings (SSSR count). The van der Waals surface area contributed by atoms with Crippen LogP contribution in [-0.2, 0) is 4.74 Å². The summed E-state index contributed by atoms with van der Waals surface area (Å²) in [5.74, 6) is 0. The number of rotatable bonds is 5. The number of hydrogen-bond acceptors (Lipinski definition) is 3. The Morgan fingerprint density at radius 3 is 2.63 bits per heavy atom. The van der Waals surface area contributed by atoms with Gasteiger partial charge in [-0.25, -0.2) is 4.79 Å². The number of aliphatic hydroxyl groups excluding tert-OH is 1. The van der Waals surface area contributed by atoms with E-state index in [-0.39, 0.29) is 30.2 Å². The van der Waals surface area contributed by atoms with Crippen molar-refractivity contribution in [2.24, 2.45) is 5.41 Å². The molecule has 1 aliphatic heterocycles. The van der Waals surface area contributed by atoms with Crippen molar-refractivity contribution in [3.8, 4) is 0 Å². The smallest absolute Gasteiger partial charge is 0.317 e. The molecule has 112 valence electrons. The molecule has 1 saturated heterocycles. The summed E-state index contributed by atoms with van der Waals surface area (Å²) in [6.07, 6.45) is 1.56. The molecule has 0 bridgehead atoms. The molecule has 0 saturated carbocycles. The number of nitrogens with one attached hydrogen (secondary N) is 1. The highest BCUT2D eigenvalue weighted by atomic mass is 16.5. The lowest BCUT2D eigenvalue weighted by atomic mass is 9.96. The van der Waals surface area contributed by atoms with E-state index in [0.717, 1.165) is 6.42 Å². The van der Waals surface area contributed by atoms with E-state index in [1.54, 1.807) is 4.90 Å². The minimum absolute atomic E-state index is 0.0462. The van der Waals surface area contributed by atoms with Gasteiger partial charge in [-0.2, -0.15) is 0 Å². The molecule has 0 aromatic rings. The first-order chi connectivity index (χ1) is 8.83. The summed E-state index contributed by atoms with van der Waals surface area (Å²) in [6.45, 7) is 10.4. The average Bonchev–Trinajstić information content (AvgIpc) is 2.69. The molecule has 2 N–H and O–H groups in total. The largest absolute Gasteiger partial charge is 0.396 e. The standard InChI is InChI=1S/C14H28N2O3/c1-11-12(6-9-19-11)15-13(18)16(7-5-8-17)10-14(2,3)4/h11-12,17H,5-10H2,1-4H3,(H,15,18). The second-order valence-corrected chi connectivity index (χ2v) is 6.48. The lowest BCUT2D eigenvalue weighted by molar-refractivity contribution is 0.110. The van der Waals surface area contributed by atoms with Gasteiger partial charge in [0, 0.05) is 26.3 Å². The van der Waals surface area contributed by atoms with E-state index in [1.807, 2.05) is 6.92 Å². The van der Waals surface area contributed by atoms with E-state index in [2.05, 4.69) is 26.1 Å². The Hall–Kier alpha value is -0.810. The van der Waals surface area contributed by atoms with Crippen LogP contribution in [0.3, 0.4) is 0 Å². The minimum Gasteiger partial charge on any atom is -0.396 e. The van der Waals surface area contributed by atoms with Gasteiger partial charge < -0.3 is 20.1 Å². The Bertz CT molecular complexity index is 289. The first-order valence-electron chi connectivity index (χ1n) is 7.11. The predicted molar refractivity (Wildman–Crippen MR) is 75.1 cm³/mol. The van der Waals surface area contributed by atoms with Crippen LogP contribution in [0.25, 0.3) is 0 Å². The van der Waals surface area contributed by atoms with Gasteiger partial charge in [-0.15, -0.1) is 0 Å². The summed E-state index contributed by atoms with van der Waals surface area (Å²) in [7, 11) is 0. The Balaban J connectivity index is 2.54. The molecule has 5 nitrogen and oxygen atoms in total. The molecular weight excluding hydrogens is 244 g/mol. The summed E-state index contributed by atoms with van der Waals surface area (Å²) in [5, 5.41) is 12.0. The zero-order valence-electron chi connectivity index (χ0n) is 12.6. The fourth-order valence-corrected chi connectivity index (χ4v) is 2.26. The Kier molecular flexibility index (Phi) is 6.07. The molecule has 5 heteroatoms. The van der Waals surface area contributed by atoms with Gasteiger partial charge in [-0.3, -0.25) is 0 Å². The lowest BCUT2D eigenvalue weighted by Gasteiger charge is -2.31. The molecule has 0 aromatic heterocycles. The lowest BCUT2D eigenvalue weighted by Crippen LogP contribution is -2.49. The van der Waals surface area contributed by atoms with Crippen molar-refractivity contribution in [2.75, 3.05) is 26.3 Å². The van der Waals surface area contributed by atoms with Crippen LogP contribution >= 0.6 is 0 Å². The summed E-state index contributed by atoms with van der Waals surface area (Å²) < 4.78 is 5.45. The van der Waals surface area contributed by atoms with Gasteiger partial charge in [0.25, 0.3) is 0 Å². The zero-order valence-corrected chi connectivity index (χ0v) is 12.6. The highest BCUT2D eigenvalue weighted by molar-refractivity contribution is 5.74. The van der Waals surface area contributed by atoms with E-state index in [1.165, 1.54) is 0 Å². The van der Waals surface area contributed by atoms with Crippen molar-refractivity contribution in [3.63, 3.8) is 0 Å². The van der Waals surface area contributed by atoms with Crippen LogP contribution in [0.1, 0.15) is 40.5 Å². The number of amides is 2. The zero-order chi connectivity index (χ0) is 14.5. The van der Waals surface area contributed by atoms with Crippen LogP contribution in [-0.4, -0.2) is 54.5 Å². The van der Waals surface area contributed by atoms with Crippen molar-refractivity contribution < 1.29 is 14.6 Å². The van der Waals surface area contributed by atoms with Crippen LogP contribution in [0.15, 0.2) is 0 Å². The summed E-state index contributed by atoms with van der Waals surface area (Å²) in [6, 6.07) is 0.0508. The van der Waals surface area contributed by atoms with Crippen molar-refractivity contribution in [1.82, 2.24) is 10.2 Å². The molecule has 0 aliphatic carbocycles. The number of urea groups is 1. The van der Waals surface area contributed by atoms with Crippen LogP contribution in [0.2, 0.25) is 0 Å². The first kappa shape index (κ1) is 16.2. The molecule has 1 fully saturated rings. The van der Waals surface area contributed by atoms with Gasteiger partial charge in [-0.1, -0.05) is 20.8 Å². The van der Waals surface area contributed by atoms with Crippen LogP contribution in [0, 0.1) is 5.41 Å². The summed E-state index contributed by atoms with van der Waals surface area (Å²) in [5.41, 5.74) is 0.0462. The number of carbonyl (C=O) groups excluding carboxylic acids is 1. The maximum absolute atomic E-state index is 12.3. The SMILES string of the molecule is CC1OCCC1NC(=O)N(CCCO)CC(C)(C)C. The predicted octanol–water partition coefficient (Wildman–Crippen LogP) is 1.60. The van der Waals surface area contributed by atoms with Gasteiger partial charge in [0.2, 0.25) is 0 Å². The van der Waals surface area contributed by atoms with Gasteiger partial charge in [0.1, 0.15) is 0 Å². The molecule has 2 amide bonds. The quantitative estimate of drug-likeness (QED) is 0.799. The van der Waals surface area contributed by atoms with E-state index in [0.29, 0.717) is 26.1 Å². The molecule has 2 atom stereocenters. The van der Waals surface area contributed by atoms with Gasteiger partial charge in [0.05, 0.1) is 12.1 Å². The maximum Gasteiger partial charge on any atom is 0.317 e. The van der Waals surface area contributed by atoms with Crippen molar-refractivity contribution in [1.29, 1.82) is 0 Å². The second kappa shape index (κ2) is 7.10. The third kappa shape index (κ3) is 5.78. The van der Waals surface area contributed by atoms with Crippen LogP contribution in [0.4, 0.5) is 4.79 Å². The highest BCUT2D eigenvalue weighted by Gasteiger charge is 2.28. The second-order valence-electron chi connectivity index (χ2n) is 6.48. The molecular formula is C14H28N2O3. The Morgan fingerprint density at radius 1 is 1.47 bits per heavy atom. The number of carbonyl (C=O) groups is 1. The van der Waals surface area contributed by atoms with Crippen LogP contribution < -0.4 is 5.32 Å². The molecule has 1 aliphatic rings. The summed E-state index contributed by atoms with van der Waals surface area (Å²) >= 11 is 0. The molecule has 0 radical (unpaired) electrons. The Morgan fingerprint density at radius 2 is 2.16 bits per heavy atom. The van der Waals surface area contributed by atoms with Gasteiger partial charge >= 0.3 is 6.03 Å². The number of aliphatic hydroxyl groups is 1. The van der Waals surface area contributed by atoms with E-state index < -0.39 is 0 Å². The topological polar surface area (TPSA) is 61.8 Å². The molecule has 1 heterocycles. The third-order valence-corrected chi connectivity index (χ3v) is 3.22. The molecule has 2 unspecified atom stereocenters. The number of hydrogen-bond donors (Lipinski definition) is 2. The normalized spacial score (nSPS) is 23.4. The van der Waals surface area contributed by atoms with E-state index in [4.69, 9.17) is 9.84 Å². The van der Waals surface area contributed by atoms with Crippen molar-refractivity contribution in [3.05, 3.63) is 0 Å². The van der Waals surface area contributed by atoms with Crippen molar-refractivity contribution in [2.45, 2.75) is 52.7 Å². The monoisotopic (exact) mass is 272 g/mol. The molecule has 19 heavy (non-hydrogen) atoms. The minimum atomic E-state index is -0.0503. The van der Waals surface area contributed by atoms with E-state index >= 15 is 0 Å². The summed E-state index contributed by atoms with van der Waals surface area (Å²) in [4.78, 5) is 14.1. The van der Waals surface area contributed by atoms with Crippen LogP contribution in [0.5, 0.6) is 0 Å². The molecule has 0 aromatic carbocycles. The van der Waals surface area contributed by atoms with Gasteiger partial charge in [0.15, 0.2) is 0 Å². The van der Waals surface area contributed by atoms with Crippen molar-refractivity contribution >= 4 is 6.03 Å². The number of nitrogens with zero attached hydrogens (tertiary/aromatic N) is 1. The fraction of sp³-hybridized carbons (Fsp3) is 0.929. The van der Waals surface area contributed by atoms with E-state index in [9.17, 15) is 4.79 Å². The first-order valence-corrected chi connectivity index (χ1v) is 7.11. The fourth-order valence-electron chi connectivity index (χ4n) is 2.26. The third-order valence-electron chi connectivity index (χ3n) is 3.22. The van der Waals surface area contributed by atoms with Gasteiger partial charge in [-0.05, 0) is 25.2 Å². The maximum atomic E-state index is 12.3. The average molecular weight is 272 g/mol. The molecule has 0 spiro atoms. The Labute approximate surface area is 116 Å². The number of ether oxygens (including phenoxy) is 1. The highest BCUT2D eigenvalue weighted by Crippen LogP contribution is 2.17.